The summed E-state index contributed by atoms with van der Waals surface area (Å²) in [5.74, 6) is 2.08. The fourth-order valence-corrected chi connectivity index (χ4v) is 2.81. The topological polar surface area (TPSA) is 31.4 Å². The van der Waals surface area contributed by atoms with Gasteiger partial charge in [0.05, 0.1) is 0 Å². The minimum atomic E-state index is 0.0519. The van der Waals surface area contributed by atoms with Gasteiger partial charge in [0.15, 0.2) is 0 Å². The Morgan fingerprint density at radius 1 is 1.10 bits per heavy atom. The summed E-state index contributed by atoms with van der Waals surface area (Å²) < 4.78 is 0. The van der Waals surface area contributed by atoms with Crippen molar-refractivity contribution in [2.45, 2.75) is 45.2 Å². The Balaban J connectivity index is 1.63. The van der Waals surface area contributed by atoms with Crippen molar-refractivity contribution in [3.05, 3.63) is 18.2 Å². The average molecular weight is 274 g/mol. The summed E-state index contributed by atoms with van der Waals surface area (Å²) in [5, 5.41) is 3.45. The van der Waals surface area contributed by atoms with Gasteiger partial charge in [-0.05, 0) is 45.7 Å². The van der Waals surface area contributed by atoms with E-state index in [1.165, 1.54) is 25.9 Å². The Hall–Kier alpha value is -1.29. The van der Waals surface area contributed by atoms with E-state index in [4.69, 9.17) is 4.98 Å². The summed E-state index contributed by atoms with van der Waals surface area (Å²) in [4.78, 5) is 9.81. The summed E-state index contributed by atoms with van der Waals surface area (Å²) in [6, 6.07) is 7.17. The maximum atomic E-state index is 4.76. The van der Waals surface area contributed by atoms with Crippen LogP contribution in [0.1, 0.15) is 33.6 Å². The van der Waals surface area contributed by atoms with E-state index in [9.17, 15) is 0 Å². The third kappa shape index (κ3) is 3.42. The largest absolute Gasteiger partial charge is 0.365 e. The van der Waals surface area contributed by atoms with Crippen LogP contribution >= 0.6 is 0 Å². The molecule has 0 aromatic carbocycles. The normalized spacial score (nSPS) is 21.1. The summed E-state index contributed by atoms with van der Waals surface area (Å²) in [7, 11) is 0. The SMILES string of the molecule is CC(C)(C)Nc1cccc(N2CCN(C3CC3)CC2)n1. The molecule has 0 radical (unpaired) electrons. The molecule has 1 aliphatic carbocycles. The minimum Gasteiger partial charge on any atom is -0.365 e. The van der Waals surface area contributed by atoms with Crippen molar-refractivity contribution in [1.29, 1.82) is 0 Å². The van der Waals surface area contributed by atoms with E-state index in [0.717, 1.165) is 30.8 Å². The van der Waals surface area contributed by atoms with E-state index < -0.39 is 0 Å². The van der Waals surface area contributed by atoms with Crippen molar-refractivity contribution in [2.75, 3.05) is 36.4 Å². The van der Waals surface area contributed by atoms with Crippen LogP contribution in [-0.2, 0) is 0 Å². The number of pyridine rings is 1. The Bertz CT molecular complexity index is 454. The number of hydrogen-bond acceptors (Lipinski definition) is 4. The summed E-state index contributed by atoms with van der Waals surface area (Å²) in [6.07, 6.45) is 2.81. The number of nitrogens with zero attached hydrogens (tertiary/aromatic N) is 3. The number of rotatable bonds is 3. The molecule has 4 nitrogen and oxygen atoms in total. The van der Waals surface area contributed by atoms with Gasteiger partial charge in [0.25, 0.3) is 0 Å². The number of anilines is 2. The quantitative estimate of drug-likeness (QED) is 0.918. The third-order valence-electron chi connectivity index (χ3n) is 3.94. The molecule has 1 aliphatic heterocycles. The lowest BCUT2D eigenvalue weighted by Crippen LogP contribution is -2.47. The molecule has 0 spiro atoms. The molecule has 0 atom stereocenters. The second-order valence-corrected chi connectivity index (χ2v) is 7.01. The van der Waals surface area contributed by atoms with Gasteiger partial charge in [0.2, 0.25) is 0 Å². The van der Waals surface area contributed by atoms with Crippen LogP contribution in [0.4, 0.5) is 11.6 Å². The first kappa shape index (κ1) is 13.7. The smallest absolute Gasteiger partial charge is 0.131 e. The molecule has 1 aromatic rings. The Morgan fingerprint density at radius 2 is 1.80 bits per heavy atom. The second-order valence-electron chi connectivity index (χ2n) is 7.01. The van der Waals surface area contributed by atoms with Crippen LogP contribution in [-0.4, -0.2) is 47.6 Å². The summed E-state index contributed by atoms with van der Waals surface area (Å²) in [6.45, 7) is 11.1. The van der Waals surface area contributed by atoms with E-state index in [1.54, 1.807) is 0 Å². The third-order valence-corrected chi connectivity index (χ3v) is 3.94. The molecule has 2 aliphatic rings. The van der Waals surface area contributed by atoms with Crippen LogP contribution in [0.5, 0.6) is 0 Å². The van der Waals surface area contributed by atoms with Crippen molar-refractivity contribution in [1.82, 2.24) is 9.88 Å². The van der Waals surface area contributed by atoms with Gasteiger partial charge in [-0.1, -0.05) is 6.07 Å². The molecule has 4 heteroatoms. The van der Waals surface area contributed by atoms with Gasteiger partial charge in [0, 0.05) is 37.8 Å². The van der Waals surface area contributed by atoms with Crippen molar-refractivity contribution in [3.8, 4) is 0 Å². The number of hydrogen-bond donors (Lipinski definition) is 1. The fourth-order valence-electron chi connectivity index (χ4n) is 2.81. The van der Waals surface area contributed by atoms with Crippen LogP contribution in [0, 0.1) is 0 Å². The lowest BCUT2D eigenvalue weighted by atomic mass is 10.1. The lowest BCUT2D eigenvalue weighted by Gasteiger charge is -2.35. The van der Waals surface area contributed by atoms with Crippen molar-refractivity contribution >= 4 is 11.6 Å². The lowest BCUT2D eigenvalue weighted by molar-refractivity contribution is 0.247. The molecule has 0 unspecified atom stereocenters. The van der Waals surface area contributed by atoms with Crippen LogP contribution in [0.2, 0.25) is 0 Å². The Labute approximate surface area is 122 Å². The van der Waals surface area contributed by atoms with E-state index in [2.05, 4.69) is 54.1 Å². The molecule has 2 fully saturated rings. The fraction of sp³-hybridized carbons (Fsp3) is 0.688. The molecule has 1 N–H and O–H groups in total. The highest BCUT2D eigenvalue weighted by Crippen LogP contribution is 2.28. The molecule has 1 saturated carbocycles. The number of piperazine rings is 1. The molecule has 3 rings (SSSR count). The van der Waals surface area contributed by atoms with Crippen molar-refractivity contribution in [2.24, 2.45) is 0 Å². The standard InChI is InChI=1S/C16H26N4/c1-16(2,3)18-14-5-4-6-15(17-14)20-11-9-19(10-12-20)13-7-8-13/h4-6,13H,7-12H2,1-3H3,(H,17,18). The maximum Gasteiger partial charge on any atom is 0.131 e. The second kappa shape index (κ2) is 5.24. The van der Waals surface area contributed by atoms with Gasteiger partial charge >= 0.3 is 0 Å². The zero-order chi connectivity index (χ0) is 14.2. The molecule has 0 bridgehead atoms. The highest BCUT2D eigenvalue weighted by molar-refractivity contribution is 5.48. The number of nitrogens with one attached hydrogen (secondary N) is 1. The molecular formula is C16H26N4. The molecule has 110 valence electrons. The van der Waals surface area contributed by atoms with Gasteiger partial charge in [-0.2, -0.15) is 0 Å². The zero-order valence-electron chi connectivity index (χ0n) is 12.9. The Morgan fingerprint density at radius 3 is 2.40 bits per heavy atom. The van der Waals surface area contributed by atoms with Crippen LogP contribution < -0.4 is 10.2 Å². The Kier molecular flexibility index (Phi) is 3.59. The zero-order valence-corrected chi connectivity index (χ0v) is 12.9. The molecule has 0 amide bonds. The first-order valence-corrected chi connectivity index (χ1v) is 7.75. The predicted molar refractivity (Wildman–Crippen MR) is 84.4 cm³/mol. The highest BCUT2D eigenvalue weighted by Gasteiger charge is 2.31. The maximum absolute atomic E-state index is 4.76. The van der Waals surface area contributed by atoms with Crippen LogP contribution in [0.25, 0.3) is 0 Å². The molecule has 2 heterocycles. The van der Waals surface area contributed by atoms with E-state index in [-0.39, 0.29) is 5.54 Å². The summed E-state index contributed by atoms with van der Waals surface area (Å²) >= 11 is 0. The van der Waals surface area contributed by atoms with Gasteiger partial charge in [-0.25, -0.2) is 4.98 Å². The average Bonchev–Trinajstić information content (AvgIpc) is 3.21. The number of aromatic nitrogens is 1. The van der Waals surface area contributed by atoms with Gasteiger partial charge in [0.1, 0.15) is 11.6 Å². The van der Waals surface area contributed by atoms with Crippen molar-refractivity contribution < 1.29 is 0 Å². The predicted octanol–water partition coefficient (Wildman–Crippen LogP) is 2.58. The summed E-state index contributed by atoms with van der Waals surface area (Å²) in [5.41, 5.74) is 0.0519. The molecule has 1 aromatic heterocycles. The van der Waals surface area contributed by atoms with E-state index >= 15 is 0 Å². The van der Waals surface area contributed by atoms with Crippen LogP contribution in [0.3, 0.4) is 0 Å². The van der Waals surface area contributed by atoms with Gasteiger partial charge in [-0.15, -0.1) is 0 Å². The first-order valence-electron chi connectivity index (χ1n) is 7.75. The van der Waals surface area contributed by atoms with Crippen LogP contribution in [0.15, 0.2) is 18.2 Å². The van der Waals surface area contributed by atoms with Crippen molar-refractivity contribution in [3.63, 3.8) is 0 Å². The molecule has 20 heavy (non-hydrogen) atoms. The van der Waals surface area contributed by atoms with Gasteiger partial charge < -0.3 is 10.2 Å². The first-order chi connectivity index (χ1) is 9.51. The highest BCUT2D eigenvalue weighted by atomic mass is 15.3. The van der Waals surface area contributed by atoms with E-state index in [0.29, 0.717) is 0 Å². The molecular weight excluding hydrogens is 248 g/mol. The van der Waals surface area contributed by atoms with E-state index in [1.807, 2.05) is 0 Å². The molecule has 1 saturated heterocycles. The van der Waals surface area contributed by atoms with Gasteiger partial charge in [-0.3, -0.25) is 4.90 Å². The monoisotopic (exact) mass is 274 g/mol. The minimum absolute atomic E-state index is 0.0519.